The van der Waals surface area contributed by atoms with Crippen LogP contribution in [0, 0.1) is 6.92 Å². The van der Waals surface area contributed by atoms with E-state index in [9.17, 15) is 14.4 Å². The van der Waals surface area contributed by atoms with Crippen LogP contribution in [0.2, 0.25) is 0 Å². The molecule has 8 nitrogen and oxygen atoms in total. The fraction of sp³-hybridized carbons (Fsp3) is 0.333. The van der Waals surface area contributed by atoms with Crippen LogP contribution in [-0.4, -0.2) is 51.5 Å². The van der Waals surface area contributed by atoms with Gasteiger partial charge in [-0.25, -0.2) is 0 Å². The summed E-state index contributed by atoms with van der Waals surface area (Å²) in [5.41, 5.74) is 2.67. The summed E-state index contributed by atoms with van der Waals surface area (Å²) in [5, 5.41) is 10.2. The number of carbonyl (C=O) groups is 3. The molecule has 4 rings (SSSR count). The van der Waals surface area contributed by atoms with Crippen LogP contribution in [0.4, 0.5) is 0 Å². The summed E-state index contributed by atoms with van der Waals surface area (Å²) in [6.07, 6.45) is 1.66. The number of benzene rings is 2. The van der Waals surface area contributed by atoms with Crippen molar-refractivity contribution in [2.75, 3.05) is 13.6 Å². The molecule has 2 heterocycles. The second kappa shape index (κ2) is 10.1. The van der Waals surface area contributed by atoms with Gasteiger partial charge in [-0.1, -0.05) is 60.2 Å². The zero-order chi connectivity index (χ0) is 25.0. The van der Waals surface area contributed by atoms with Crippen molar-refractivity contribution in [3.63, 3.8) is 0 Å². The van der Waals surface area contributed by atoms with Gasteiger partial charge in [0.15, 0.2) is 5.69 Å². The predicted molar refractivity (Wildman–Crippen MR) is 133 cm³/mol. The monoisotopic (exact) mass is 473 g/mol. The van der Waals surface area contributed by atoms with E-state index in [1.807, 2.05) is 49.4 Å². The highest BCUT2D eigenvalue weighted by molar-refractivity contribution is 6.01. The fourth-order valence-corrected chi connectivity index (χ4v) is 4.15. The Kier molecular flexibility index (Phi) is 7.00. The summed E-state index contributed by atoms with van der Waals surface area (Å²) in [4.78, 5) is 40.3. The molecule has 1 aliphatic rings. The molecule has 1 atom stereocenters. The highest BCUT2D eigenvalue weighted by Crippen LogP contribution is 2.26. The summed E-state index contributed by atoms with van der Waals surface area (Å²) in [5.74, 6) is -0.956. The predicted octanol–water partition coefficient (Wildman–Crippen LogP) is 2.71. The average Bonchev–Trinajstić information content (AvgIpc) is 3.29. The third kappa shape index (κ3) is 5.26. The zero-order valence-corrected chi connectivity index (χ0v) is 20.4. The number of likely N-dealkylation sites (N-methyl/N-ethyl adjacent to an activating group) is 1. The van der Waals surface area contributed by atoms with Gasteiger partial charge in [0.25, 0.3) is 11.8 Å². The number of hydrogen-bond acceptors (Lipinski definition) is 4. The largest absolute Gasteiger partial charge is 0.351 e. The SMILES string of the molecule is Cc1ccc(CNC(=O)[C@]2(C)Cn3nc(C(=O)NCCCc4ccccc4)cc3C(=O)N2C)cc1. The number of nitrogens with zero attached hydrogens (tertiary/aromatic N) is 3. The maximum absolute atomic E-state index is 13.1. The van der Waals surface area contributed by atoms with E-state index < -0.39 is 5.54 Å². The number of carbonyl (C=O) groups excluding carboxylic acids is 3. The van der Waals surface area contributed by atoms with Crippen LogP contribution in [0.15, 0.2) is 60.7 Å². The van der Waals surface area contributed by atoms with E-state index in [0.29, 0.717) is 18.8 Å². The van der Waals surface area contributed by atoms with Crippen molar-refractivity contribution in [2.24, 2.45) is 0 Å². The maximum Gasteiger partial charge on any atom is 0.272 e. The molecule has 0 bridgehead atoms. The molecule has 0 saturated heterocycles. The molecule has 3 amide bonds. The van der Waals surface area contributed by atoms with Crippen molar-refractivity contribution < 1.29 is 14.4 Å². The normalized spacial score (nSPS) is 17.1. The Bertz CT molecular complexity index is 1220. The molecule has 0 radical (unpaired) electrons. The first-order valence-electron chi connectivity index (χ1n) is 11.8. The van der Waals surface area contributed by atoms with Gasteiger partial charge in [-0.05, 0) is 37.8 Å². The fourth-order valence-electron chi connectivity index (χ4n) is 4.15. The summed E-state index contributed by atoms with van der Waals surface area (Å²) in [7, 11) is 1.60. The topological polar surface area (TPSA) is 96.3 Å². The van der Waals surface area contributed by atoms with Crippen LogP contribution in [0.5, 0.6) is 0 Å². The highest BCUT2D eigenvalue weighted by Gasteiger charge is 2.46. The van der Waals surface area contributed by atoms with E-state index in [1.54, 1.807) is 14.0 Å². The van der Waals surface area contributed by atoms with Crippen molar-refractivity contribution in [1.29, 1.82) is 0 Å². The second-order valence-electron chi connectivity index (χ2n) is 9.22. The van der Waals surface area contributed by atoms with Crippen LogP contribution in [-0.2, 0) is 24.3 Å². The standard InChI is InChI=1S/C27H31N5O3/c1-19-11-13-21(14-12-19)17-29-26(35)27(2)18-32-23(25(34)31(27)3)16-22(30-32)24(33)28-15-7-10-20-8-5-4-6-9-20/h4-6,8-9,11-14,16H,7,10,15,17-18H2,1-3H3,(H,28,33)(H,29,35)/t27-/m0/s1. The van der Waals surface area contributed by atoms with Gasteiger partial charge in [-0.3, -0.25) is 19.1 Å². The molecule has 2 N–H and O–H groups in total. The van der Waals surface area contributed by atoms with Gasteiger partial charge in [0.05, 0.1) is 6.54 Å². The second-order valence-corrected chi connectivity index (χ2v) is 9.22. The molecule has 3 aromatic rings. The van der Waals surface area contributed by atoms with Crippen molar-refractivity contribution in [3.8, 4) is 0 Å². The molecule has 2 aromatic carbocycles. The van der Waals surface area contributed by atoms with Gasteiger partial charge in [-0.2, -0.15) is 5.10 Å². The Hall–Kier alpha value is -3.94. The van der Waals surface area contributed by atoms with Crippen LogP contribution >= 0.6 is 0 Å². The highest BCUT2D eigenvalue weighted by atomic mass is 16.2. The summed E-state index contributed by atoms with van der Waals surface area (Å²) >= 11 is 0. The molecule has 0 saturated carbocycles. The first-order chi connectivity index (χ1) is 16.8. The Morgan fingerprint density at radius 2 is 1.74 bits per heavy atom. The van der Waals surface area contributed by atoms with Gasteiger partial charge >= 0.3 is 0 Å². The quantitative estimate of drug-likeness (QED) is 0.492. The number of nitrogens with one attached hydrogen (secondary N) is 2. The third-order valence-corrected chi connectivity index (χ3v) is 6.57. The van der Waals surface area contributed by atoms with E-state index >= 15 is 0 Å². The molecule has 0 spiro atoms. The van der Waals surface area contributed by atoms with E-state index in [0.717, 1.165) is 24.0 Å². The van der Waals surface area contributed by atoms with Crippen LogP contribution in [0.25, 0.3) is 0 Å². The van der Waals surface area contributed by atoms with Crippen molar-refractivity contribution in [1.82, 2.24) is 25.3 Å². The molecule has 8 heteroatoms. The molecular formula is C27H31N5O3. The number of fused-ring (bicyclic) bond motifs is 1. The van der Waals surface area contributed by atoms with E-state index in [1.165, 1.54) is 21.2 Å². The van der Waals surface area contributed by atoms with E-state index in [4.69, 9.17) is 0 Å². The summed E-state index contributed by atoms with van der Waals surface area (Å²) < 4.78 is 1.46. The number of amides is 3. The summed E-state index contributed by atoms with van der Waals surface area (Å²) in [6, 6.07) is 19.5. The van der Waals surface area contributed by atoms with Gasteiger partial charge in [0.1, 0.15) is 11.2 Å². The van der Waals surface area contributed by atoms with Crippen LogP contribution < -0.4 is 10.6 Å². The molecule has 0 aliphatic carbocycles. The van der Waals surface area contributed by atoms with Crippen LogP contribution in [0.3, 0.4) is 0 Å². The van der Waals surface area contributed by atoms with E-state index in [2.05, 4.69) is 27.9 Å². The zero-order valence-electron chi connectivity index (χ0n) is 20.4. The van der Waals surface area contributed by atoms with Gasteiger partial charge in [-0.15, -0.1) is 0 Å². The Morgan fingerprint density at radius 3 is 2.46 bits per heavy atom. The van der Waals surface area contributed by atoms with Gasteiger partial charge in [0.2, 0.25) is 5.91 Å². The molecule has 0 fully saturated rings. The molecule has 182 valence electrons. The van der Waals surface area contributed by atoms with Crippen LogP contribution in [0.1, 0.15) is 51.0 Å². The molecule has 1 aliphatic heterocycles. The number of aromatic nitrogens is 2. The van der Waals surface area contributed by atoms with Crippen molar-refractivity contribution >= 4 is 17.7 Å². The molecule has 1 aromatic heterocycles. The van der Waals surface area contributed by atoms with Gasteiger partial charge in [0, 0.05) is 26.2 Å². The van der Waals surface area contributed by atoms with Crippen molar-refractivity contribution in [3.05, 3.63) is 88.7 Å². The average molecular weight is 474 g/mol. The Morgan fingerprint density at radius 1 is 1.03 bits per heavy atom. The maximum atomic E-state index is 13.1. The van der Waals surface area contributed by atoms with Gasteiger partial charge < -0.3 is 15.5 Å². The lowest BCUT2D eigenvalue weighted by atomic mass is 9.95. The number of rotatable bonds is 8. The van der Waals surface area contributed by atoms with E-state index in [-0.39, 0.29) is 30.0 Å². The Balaban J connectivity index is 1.38. The minimum absolute atomic E-state index is 0.158. The minimum Gasteiger partial charge on any atom is -0.351 e. The lowest BCUT2D eigenvalue weighted by Gasteiger charge is -2.40. The number of hydrogen-bond donors (Lipinski definition) is 2. The molecule has 0 unspecified atom stereocenters. The lowest BCUT2D eigenvalue weighted by molar-refractivity contribution is -0.132. The molecular weight excluding hydrogens is 442 g/mol. The third-order valence-electron chi connectivity index (χ3n) is 6.57. The molecule has 35 heavy (non-hydrogen) atoms. The smallest absolute Gasteiger partial charge is 0.272 e. The minimum atomic E-state index is -1.13. The number of aryl methyl sites for hydroxylation is 2. The van der Waals surface area contributed by atoms with Crippen molar-refractivity contribution in [2.45, 2.75) is 45.3 Å². The lowest BCUT2D eigenvalue weighted by Crippen LogP contribution is -2.62. The summed E-state index contributed by atoms with van der Waals surface area (Å²) in [6.45, 7) is 4.74. The Labute approximate surface area is 205 Å². The first kappa shape index (κ1) is 24.2. The first-order valence-corrected chi connectivity index (χ1v) is 11.8.